The van der Waals surface area contributed by atoms with Crippen molar-refractivity contribution in [2.75, 3.05) is 0 Å². The predicted octanol–water partition coefficient (Wildman–Crippen LogP) is 21.2. The van der Waals surface area contributed by atoms with Crippen LogP contribution >= 0.6 is 0 Å². The molecule has 6 nitrogen and oxygen atoms in total. The third-order valence-corrected chi connectivity index (χ3v) is 16.8. The molecule has 9 aromatic carbocycles. The summed E-state index contributed by atoms with van der Waals surface area (Å²) in [5.41, 5.74) is 21.5. The van der Waals surface area contributed by atoms with E-state index in [-0.39, 0.29) is 40.3 Å². The molecule has 0 aliphatic heterocycles. The molecule has 0 fully saturated rings. The van der Waals surface area contributed by atoms with Gasteiger partial charge in [0.1, 0.15) is 33.7 Å². The zero-order valence-corrected chi connectivity index (χ0v) is 57.0. The van der Waals surface area contributed by atoms with Gasteiger partial charge >= 0.3 is 0 Å². The second-order valence-corrected chi connectivity index (χ2v) is 30.4. The summed E-state index contributed by atoms with van der Waals surface area (Å²) >= 11 is 0. The third kappa shape index (κ3) is 13.0. The summed E-state index contributed by atoms with van der Waals surface area (Å²) in [7, 11) is 0. The SMILES string of the molecule is C.CC(C)(C)c1ccccc1-c1n(-c2ccccc2)c2ccccc2[n+]1C(C)(C)C.Cc1ccc(-c2n(-c3ccccc3)c3ccccc3[n+]2C(C)(C)C)c(C(C)(C)C)c1.Cc1ccc(C(C)(C)C)c(-c2n(-c3ccccc3)c3ccccc3[n+]2C(C)(C)C)c1. The normalized spacial score (nSPS) is 12.4. The van der Waals surface area contributed by atoms with E-state index in [4.69, 9.17) is 0 Å². The maximum atomic E-state index is 2.51. The van der Waals surface area contributed by atoms with Gasteiger partial charge in [0.05, 0.1) is 16.7 Å². The average molecular weight is 1190 g/mol. The van der Waals surface area contributed by atoms with E-state index in [1.165, 1.54) is 112 Å². The van der Waals surface area contributed by atoms with Crippen molar-refractivity contribution in [3.05, 3.63) is 252 Å². The van der Waals surface area contributed by atoms with Gasteiger partial charge in [0.15, 0.2) is 33.1 Å². The minimum absolute atomic E-state index is 0. The number of imidazole rings is 3. The van der Waals surface area contributed by atoms with Crippen molar-refractivity contribution in [2.45, 2.75) is 179 Å². The summed E-state index contributed by atoms with van der Waals surface area (Å²) in [5, 5.41) is 0. The molecule has 0 radical (unpaired) electrons. The molecular weight excluding hydrogens is 1090 g/mol. The van der Waals surface area contributed by atoms with Gasteiger partial charge < -0.3 is 0 Å². The van der Waals surface area contributed by atoms with Crippen molar-refractivity contribution in [2.24, 2.45) is 0 Å². The molecule has 12 aromatic rings. The van der Waals surface area contributed by atoms with Crippen molar-refractivity contribution in [3.63, 3.8) is 0 Å². The molecule has 3 heterocycles. The van der Waals surface area contributed by atoms with Crippen molar-refractivity contribution in [1.29, 1.82) is 0 Å². The van der Waals surface area contributed by atoms with Crippen LogP contribution in [0.25, 0.3) is 84.3 Å². The Hall–Kier alpha value is -8.61. The molecule has 0 bridgehead atoms. The number of fused-ring (bicyclic) bond motifs is 3. The van der Waals surface area contributed by atoms with Crippen molar-refractivity contribution in [1.82, 2.24) is 13.7 Å². The van der Waals surface area contributed by atoms with E-state index >= 15 is 0 Å². The minimum Gasteiger partial charge on any atom is -0.218 e. The smallest absolute Gasteiger partial charge is 0.218 e. The van der Waals surface area contributed by atoms with Crippen molar-refractivity contribution >= 4 is 33.1 Å². The largest absolute Gasteiger partial charge is 0.295 e. The second-order valence-electron chi connectivity index (χ2n) is 30.4. The first-order valence-corrected chi connectivity index (χ1v) is 32.0. The molecule has 90 heavy (non-hydrogen) atoms. The van der Waals surface area contributed by atoms with Crippen LogP contribution in [0.4, 0.5) is 0 Å². The lowest BCUT2D eigenvalue weighted by Gasteiger charge is -2.25. The Morgan fingerprint density at radius 1 is 0.256 bits per heavy atom. The highest BCUT2D eigenvalue weighted by Gasteiger charge is 2.40. The van der Waals surface area contributed by atoms with E-state index < -0.39 is 0 Å². The molecule has 6 heteroatoms. The summed E-state index contributed by atoms with van der Waals surface area (Å²) in [5.74, 6) is 3.71. The Morgan fingerprint density at radius 3 is 0.889 bits per heavy atom. The summed E-state index contributed by atoms with van der Waals surface area (Å²) in [4.78, 5) is 0. The van der Waals surface area contributed by atoms with E-state index in [1.54, 1.807) is 0 Å². The fourth-order valence-corrected chi connectivity index (χ4v) is 13.1. The number of nitrogens with zero attached hydrogens (tertiary/aromatic N) is 6. The number of para-hydroxylation sites is 9. The zero-order valence-electron chi connectivity index (χ0n) is 57.0. The van der Waals surface area contributed by atoms with Gasteiger partial charge in [-0.05, 0) is 200 Å². The topological polar surface area (TPSA) is 26.4 Å². The number of rotatable bonds is 6. The Bertz CT molecular complexity index is 4470. The molecule has 0 aliphatic rings. The first-order valence-electron chi connectivity index (χ1n) is 32.0. The van der Waals surface area contributed by atoms with E-state index in [9.17, 15) is 0 Å². The Morgan fingerprint density at radius 2 is 0.533 bits per heavy atom. The highest BCUT2D eigenvalue weighted by Crippen LogP contribution is 2.41. The molecule has 0 spiro atoms. The van der Waals surface area contributed by atoms with Crippen LogP contribution in [0.2, 0.25) is 0 Å². The molecule has 0 unspecified atom stereocenters. The van der Waals surface area contributed by atoms with Crippen LogP contribution in [0.3, 0.4) is 0 Å². The number of hydrogen-bond acceptors (Lipinski definition) is 0. The molecule has 0 amide bonds. The molecule has 0 N–H and O–H groups in total. The maximum absolute atomic E-state index is 2.51. The van der Waals surface area contributed by atoms with Gasteiger partial charge in [-0.1, -0.05) is 214 Å². The Labute approximate surface area is 539 Å². The van der Waals surface area contributed by atoms with Crippen LogP contribution in [0.15, 0.2) is 224 Å². The van der Waals surface area contributed by atoms with E-state index in [2.05, 4.69) is 390 Å². The van der Waals surface area contributed by atoms with Crippen LogP contribution < -0.4 is 13.7 Å². The van der Waals surface area contributed by atoms with Crippen molar-refractivity contribution in [3.8, 4) is 51.2 Å². The summed E-state index contributed by atoms with van der Waals surface area (Å²) in [6.45, 7) is 45.7. The molecule has 12 rings (SSSR count). The first-order chi connectivity index (χ1) is 41.9. The van der Waals surface area contributed by atoms with Gasteiger partial charge in [0.25, 0.3) is 17.5 Å². The van der Waals surface area contributed by atoms with E-state index in [0.29, 0.717) is 0 Å². The number of aromatic nitrogens is 6. The fraction of sp³-hybridized carbons (Fsp3) is 0.321. The fourth-order valence-electron chi connectivity index (χ4n) is 13.1. The third-order valence-electron chi connectivity index (χ3n) is 16.8. The van der Waals surface area contributed by atoms with E-state index in [0.717, 1.165) is 0 Å². The van der Waals surface area contributed by atoms with Crippen LogP contribution in [0.5, 0.6) is 0 Å². The van der Waals surface area contributed by atoms with Gasteiger partial charge in [0, 0.05) is 0 Å². The zero-order chi connectivity index (χ0) is 64.2. The molecule has 0 atom stereocenters. The summed E-state index contributed by atoms with van der Waals surface area (Å²) in [6, 6.07) is 81.1. The molecule has 464 valence electrons. The monoisotopic (exact) mass is 1190 g/mol. The first kappa shape index (κ1) is 65.8. The minimum atomic E-state index is -0.0755. The molecule has 0 aliphatic carbocycles. The van der Waals surface area contributed by atoms with Gasteiger partial charge in [-0.3, -0.25) is 0 Å². The van der Waals surface area contributed by atoms with E-state index in [1.807, 2.05) is 0 Å². The number of hydrogen-bond donors (Lipinski definition) is 0. The average Bonchev–Trinajstić information content (AvgIpc) is 1.58. The predicted molar refractivity (Wildman–Crippen MR) is 384 cm³/mol. The van der Waals surface area contributed by atoms with Crippen LogP contribution in [0.1, 0.15) is 160 Å². The molecule has 0 saturated carbocycles. The number of benzene rings is 9. The highest BCUT2D eigenvalue weighted by atomic mass is 15.2. The Balaban J connectivity index is 0.000000159. The van der Waals surface area contributed by atoms with Gasteiger partial charge in [-0.15, -0.1) is 0 Å². The second kappa shape index (κ2) is 25.0. The lowest BCUT2D eigenvalue weighted by molar-refractivity contribution is -0.721. The maximum Gasteiger partial charge on any atom is 0.295 e. The summed E-state index contributed by atoms with van der Waals surface area (Å²) in [6.07, 6.45) is 0. The molecular formula is C84H101N6+3. The summed E-state index contributed by atoms with van der Waals surface area (Å²) < 4.78 is 14.8. The quantitative estimate of drug-likeness (QED) is 0.148. The van der Waals surface area contributed by atoms with Gasteiger partial charge in [0.2, 0.25) is 0 Å². The van der Waals surface area contributed by atoms with Crippen molar-refractivity contribution < 1.29 is 13.7 Å². The lowest BCUT2D eigenvalue weighted by atomic mass is 9.82. The van der Waals surface area contributed by atoms with Crippen LogP contribution in [-0.4, -0.2) is 13.7 Å². The van der Waals surface area contributed by atoms with Crippen LogP contribution in [-0.2, 0) is 32.9 Å². The highest BCUT2D eigenvalue weighted by molar-refractivity contribution is 5.83. The standard InChI is InChI=1S/2C28H33N2.C27H31N2.CH4/c1-20-17-18-23(27(2,3)4)22(19-20)26-29(21-13-9-8-10-14-21)24-15-11-12-16-25(24)30(26)28(5,6)7;1-20-17-18-22(23(19-20)27(2,3)4)26-29(21-13-9-8-10-14-21)24-15-11-12-16-25(24)30(26)28(5,6)7;1-26(2,3)22-17-11-10-16-21(22)25-28(20-14-8-7-9-15-20)23-18-12-13-19-24(23)29(25)27(4,5)6;/h2*8-19H,1-7H3;7-19H,1-6H3;1H4/q3*+1;. The molecule has 3 aromatic heterocycles. The molecule has 0 saturated heterocycles. The van der Waals surface area contributed by atoms with Gasteiger partial charge in [-0.25, -0.2) is 13.7 Å². The lowest BCUT2D eigenvalue weighted by Crippen LogP contribution is -2.51. The van der Waals surface area contributed by atoms with Gasteiger partial charge in [-0.2, -0.15) is 13.7 Å². The Kier molecular flexibility index (Phi) is 18.3. The van der Waals surface area contributed by atoms with Crippen LogP contribution in [0, 0.1) is 13.8 Å². The number of aryl methyl sites for hydroxylation is 2.